The van der Waals surface area contributed by atoms with Crippen LogP contribution < -0.4 is 10.2 Å². The first-order valence-corrected chi connectivity index (χ1v) is 11.8. The van der Waals surface area contributed by atoms with Gasteiger partial charge in [0.2, 0.25) is 11.3 Å². The number of hydrogen-bond acceptors (Lipinski definition) is 5. The van der Waals surface area contributed by atoms with Crippen LogP contribution in [0.4, 0.5) is 0 Å². The maximum absolute atomic E-state index is 13.4. The van der Waals surface area contributed by atoms with Gasteiger partial charge in [0.15, 0.2) is 0 Å². The molecule has 7 heteroatoms. The molecule has 0 radical (unpaired) electrons. The molecular weight excluding hydrogens is 418 g/mol. The van der Waals surface area contributed by atoms with E-state index in [1.807, 2.05) is 35.8 Å². The number of likely N-dealkylation sites (tertiary alicyclic amines) is 1. The summed E-state index contributed by atoms with van der Waals surface area (Å²) in [6.45, 7) is 3.70. The predicted molar refractivity (Wildman–Crippen MR) is 124 cm³/mol. The highest BCUT2D eigenvalue weighted by atomic mass is 16.5. The highest BCUT2D eigenvalue weighted by Gasteiger charge is 2.37. The van der Waals surface area contributed by atoms with Crippen LogP contribution in [0.1, 0.15) is 41.3 Å². The van der Waals surface area contributed by atoms with Crippen LogP contribution in [-0.4, -0.2) is 51.8 Å². The number of ether oxygens (including phenoxy) is 2. The van der Waals surface area contributed by atoms with Crippen LogP contribution in [0.15, 0.2) is 47.4 Å². The lowest BCUT2D eigenvalue weighted by atomic mass is 10.1. The zero-order valence-electron chi connectivity index (χ0n) is 18.7. The molecule has 2 fully saturated rings. The monoisotopic (exact) mass is 445 g/mol. The maximum atomic E-state index is 13.4. The van der Waals surface area contributed by atoms with E-state index in [4.69, 9.17) is 9.47 Å². The van der Waals surface area contributed by atoms with Crippen molar-refractivity contribution in [3.8, 4) is 5.88 Å². The average molecular weight is 446 g/mol. The molecule has 33 heavy (non-hydrogen) atoms. The van der Waals surface area contributed by atoms with Crippen LogP contribution in [0.5, 0.6) is 5.88 Å². The fraction of sp³-hybridized carbons (Fsp3) is 0.423. The summed E-state index contributed by atoms with van der Waals surface area (Å²) in [6.07, 6.45) is 5.43. The van der Waals surface area contributed by atoms with Crippen molar-refractivity contribution >= 4 is 16.9 Å². The van der Waals surface area contributed by atoms with E-state index in [2.05, 4.69) is 17.1 Å². The lowest BCUT2D eigenvalue weighted by molar-refractivity contribution is -0.0304. The molecule has 1 aromatic carbocycles. The summed E-state index contributed by atoms with van der Waals surface area (Å²) in [6, 6.07) is 12.0. The Bertz CT molecular complexity index is 1260. The molecule has 1 amide bonds. The van der Waals surface area contributed by atoms with E-state index in [0.717, 1.165) is 25.7 Å². The van der Waals surface area contributed by atoms with Crippen molar-refractivity contribution in [2.75, 3.05) is 13.1 Å². The summed E-state index contributed by atoms with van der Waals surface area (Å²) < 4.78 is 13.9. The highest BCUT2D eigenvalue weighted by Crippen LogP contribution is 2.28. The number of carbonyl (C=O) groups is 1. The van der Waals surface area contributed by atoms with Gasteiger partial charge in [-0.2, -0.15) is 0 Å². The third kappa shape index (κ3) is 3.60. The van der Waals surface area contributed by atoms with Crippen LogP contribution in [0, 0.1) is 0 Å². The Hall–Kier alpha value is -3.19. The van der Waals surface area contributed by atoms with Gasteiger partial charge in [0, 0.05) is 44.7 Å². The zero-order valence-corrected chi connectivity index (χ0v) is 18.7. The number of fused-ring (bicyclic) bond motifs is 4. The first-order valence-electron chi connectivity index (χ1n) is 11.8. The SMILES string of the molecule is CCn1cc(C(=O)N2CC3CCC(C2)O3)c(=O)c2nc(OC3Cc4ccccc4C3)ccc21. The van der Waals surface area contributed by atoms with E-state index in [0.29, 0.717) is 31.0 Å². The summed E-state index contributed by atoms with van der Waals surface area (Å²) in [4.78, 5) is 33.1. The molecule has 7 nitrogen and oxygen atoms in total. The second-order valence-corrected chi connectivity index (χ2v) is 9.26. The second kappa shape index (κ2) is 7.99. The third-order valence-corrected chi connectivity index (χ3v) is 7.11. The van der Waals surface area contributed by atoms with Gasteiger partial charge in [-0.3, -0.25) is 9.59 Å². The van der Waals surface area contributed by atoms with Gasteiger partial charge in [-0.05, 0) is 37.0 Å². The molecule has 2 saturated heterocycles. The Labute approximate surface area is 191 Å². The number of morpholine rings is 1. The number of nitrogens with zero attached hydrogens (tertiary/aromatic N) is 3. The fourth-order valence-corrected chi connectivity index (χ4v) is 5.45. The number of aromatic nitrogens is 2. The van der Waals surface area contributed by atoms with E-state index in [9.17, 15) is 9.59 Å². The zero-order chi connectivity index (χ0) is 22.5. The maximum Gasteiger partial charge on any atom is 0.259 e. The number of amides is 1. The van der Waals surface area contributed by atoms with Gasteiger partial charge in [-0.25, -0.2) is 4.98 Å². The van der Waals surface area contributed by atoms with E-state index in [1.165, 1.54) is 11.1 Å². The van der Waals surface area contributed by atoms with Crippen molar-refractivity contribution in [2.24, 2.45) is 0 Å². The number of pyridine rings is 2. The topological polar surface area (TPSA) is 73.7 Å². The van der Waals surface area contributed by atoms with Gasteiger partial charge in [-0.1, -0.05) is 24.3 Å². The molecule has 2 atom stereocenters. The van der Waals surface area contributed by atoms with E-state index >= 15 is 0 Å². The van der Waals surface area contributed by atoms with Crippen LogP contribution >= 0.6 is 0 Å². The van der Waals surface area contributed by atoms with E-state index < -0.39 is 0 Å². The van der Waals surface area contributed by atoms with Gasteiger partial charge in [0.05, 0.1) is 17.7 Å². The molecule has 2 aromatic heterocycles. The standard InChI is InChI=1S/C26H27N3O4/c1-2-28-15-21(26(31)29-13-18-7-8-19(14-29)32-18)25(30)24-22(28)9-10-23(27-24)33-20-11-16-5-3-4-6-17(16)12-20/h3-6,9-10,15,18-20H,2,7-8,11-14H2,1H3. The largest absolute Gasteiger partial charge is 0.474 e. The third-order valence-electron chi connectivity index (χ3n) is 7.11. The normalized spacial score (nSPS) is 22.0. The van der Waals surface area contributed by atoms with Crippen LogP contribution in [0.25, 0.3) is 11.0 Å². The summed E-state index contributed by atoms with van der Waals surface area (Å²) in [7, 11) is 0. The van der Waals surface area contributed by atoms with E-state index in [-0.39, 0.29) is 40.7 Å². The Morgan fingerprint density at radius 1 is 1.09 bits per heavy atom. The molecule has 0 saturated carbocycles. The fourth-order valence-electron chi connectivity index (χ4n) is 5.45. The molecule has 4 heterocycles. The summed E-state index contributed by atoms with van der Waals surface area (Å²) in [5, 5.41) is 0. The van der Waals surface area contributed by atoms with Gasteiger partial charge in [0.1, 0.15) is 17.2 Å². The van der Waals surface area contributed by atoms with Gasteiger partial charge >= 0.3 is 0 Å². The van der Waals surface area contributed by atoms with Crippen molar-refractivity contribution in [2.45, 2.75) is 57.5 Å². The predicted octanol–water partition coefficient (Wildman–Crippen LogP) is 2.97. The number of hydrogen-bond donors (Lipinski definition) is 0. The first kappa shape index (κ1) is 20.4. The molecule has 6 rings (SSSR count). The Morgan fingerprint density at radius 2 is 1.79 bits per heavy atom. The second-order valence-electron chi connectivity index (χ2n) is 9.26. The molecule has 3 aliphatic rings. The number of aryl methyl sites for hydroxylation is 1. The lowest BCUT2D eigenvalue weighted by Crippen LogP contribution is -2.47. The molecular formula is C26H27N3O4. The van der Waals surface area contributed by atoms with Crippen molar-refractivity contribution in [3.63, 3.8) is 0 Å². The van der Waals surface area contributed by atoms with Crippen molar-refractivity contribution < 1.29 is 14.3 Å². The minimum Gasteiger partial charge on any atom is -0.474 e. The minimum absolute atomic E-state index is 0.00519. The van der Waals surface area contributed by atoms with E-state index in [1.54, 1.807) is 11.1 Å². The van der Waals surface area contributed by atoms with Gasteiger partial charge in [0.25, 0.3) is 5.91 Å². The first-order chi connectivity index (χ1) is 16.1. The van der Waals surface area contributed by atoms with Crippen LogP contribution in [0.2, 0.25) is 0 Å². The molecule has 3 aromatic rings. The molecule has 0 spiro atoms. The van der Waals surface area contributed by atoms with Gasteiger partial charge in [-0.15, -0.1) is 0 Å². The Morgan fingerprint density at radius 3 is 2.45 bits per heavy atom. The highest BCUT2D eigenvalue weighted by molar-refractivity contribution is 5.96. The van der Waals surface area contributed by atoms with Gasteiger partial charge < -0.3 is 18.9 Å². The lowest BCUT2D eigenvalue weighted by Gasteiger charge is -2.32. The number of carbonyl (C=O) groups excluding carboxylic acids is 1. The Kier molecular flexibility index (Phi) is 4.94. The average Bonchev–Trinajstić information content (AvgIpc) is 3.40. The summed E-state index contributed by atoms with van der Waals surface area (Å²) in [5.74, 6) is 0.192. The van der Waals surface area contributed by atoms with Crippen molar-refractivity contribution in [1.29, 1.82) is 0 Å². The number of benzene rings is 1. The quantitative estimate of drug-likeness (QED) is 0.617. The molecule has 170 valence electrons. The summed E-state index contributed by atoms with van der Waals surface area (Å²) in [5.41, 5.74) is 3.42. The Balaban J connectivity index is 1.32. The molecule has 2 bridgehead atoms. The van der Waals surface area contributed by atoms with Crippen LogP contribution in [0.3, 0.4) is 0 Å². The molecule has 2 aliphatic heterocycles. The smallest absolute Gasteiger partial charge is 0.259 e. The molecule has 2 unspecified atom stereocenters. The van der Waals surface area contributed by atoms with Crippen molar-refractivity contribution in [3.05, 3.63) is 69.5 Å². The molecule has 0 N–H and O–H groups in total. The van der Waals surface area contributed by atoms with Crippen LogP contribution in [-0.2, 0) is 24.1 Å². The van der Waals surface area contributed by atoms with Crippen molar-refractivity contribution in [1.82, 2.24) is 14.5 Å². The minimum atomic E-state index is -0.335. The summed E-state index contributed by atoms with van der Waals surface area (Å²) >= 11 is 0. The number of rotatable bonds is 4. The molecule has 1 aliphatic carbocycles.